The molecule has 62 heavy (non-hydrogen) atoms. The summed E-state index contributed by atoms with van der Waals surface area (Å²) < 4.78 is 99.9. The molecule has 0 bridgehead atoms. The third-order valence-corrected chi connectivity index (χ3v) is 11.1. The normalized spacial score (nSPS) is 13.8. The molecule has 5 nitrogen and oxygen atoms in total. The summed E-state index contributed by atoms with van der Waals surface area (Å²) in [6.07, 6.45) is 0. The predicted octanol–water partition coefficient (Wildman–Crippen LogP) is 14.9. The minimum atomic E-state index is -0.289. The first-order chi connectivity index (χ1) is 34.8. The number of benzene rings is 9. The van der Waals surface area contributed by atoms with Crippen LogP contribution in [0.3, 0.4) is 0 Å². The number of furan rings is 1. The minimum Gasteiger partial charge on any atom is -0.455 e. The van der Waals surface area contributed by atoms with Gasteiger partial charge in [0, 0.05) is 54.9 Å². The molecule has 0 aliphatic carbocycles. The maximum Gasteiger partial charge on any atom is 0.164 e. The van der Waals surface area contributed by atoms with E-state index in [0.717, 1.165) is 21.9 Å². The maximum absolute atomic E-state index is 10.0. The smallest absolute Gasteiger partial charge is 0.164 e. The van der Waals surface area contributed by atoms with Crippen LogP contribution in [0.25, 0.3) is 117 Å². The van der Waals surface area contributed by atoms with Gasteiger partial charge in [-0.05, 0) is 59.1 Å². The van der Waals surface area contributed by atoms with E-state index in [1.807, 2.05) is 121 Å². The topological polar surface area (TPSA) is 56.7 Å². The van der Waals surface area contributed by atoms with Gasteiger partial charge in [-0.15, -0.1) is 0 Å². The van der Waals surface area contributed by atoms with Crippen LogP contribution in [-0.2, 0) is 0 Å². The average molecular weight is 803 g/mol. The summed E-state index contributed by atoms with van der Waals surface area (Å²) in [7, 11) is 0. The highest BCUT2D eigenvalue weighted by atomic mass is 16.3. The highest BCUT2D eigenvalue weighted by Crippen LogP contribution is 2.45. The second-order valence-corrected chi connectivity index (χ2v) is 14.7. The van der Waals surface area contributed by atoms with Gasteiger partial charge in [-0.2, -0.15) is 0 Å². The lowest BCUT2D eigenvalue weighted by Gasteiger charge is -2.18. The number of hydrogen-bond donors (Lipinski definition) is 0. The van der Waals surface area contributed by atoms with Crippen LogP contribution in [0.5, 0.6) is 0 Å². The molecule has 3 heterocycles. The Morgan fingerprint density at radius 1 is 0.403 bits per heavy atom. The quantitative estimate of drug-likeness (QED) is 0.161. The van der Waals surface area contributed by atoms with E-state index < -0.39 is 0 Å². The Balaban J connectivity index is 1.26. The van der Waals surface area contributed by atoms with Crippen molar-refractivity contribution in [1.29, 1.82) is 0 Å². The largest absolute Gasteiger partial charge is 0.455 e. The van der Waals surface area contributed by atoms with Gasteiger partial charge in [-0.1, -0.05) is 176 Å². The van der Waals surface area contributed by atoms with Gasteiger partial charge in [0.15, 0.2) is 17.5 Å². The van der Waals surface area contributed by atoms with E-state index in [-0.39, 0.29) is 104 Å². The molecule has 290 valence electrons. The lowest BCUT2D eigenvalue weighted by atomic mass is 9.95. The summed E-state index contributed by atoms with van der Waals surface area (Å²) in [6.45, 7) is 0. The summed E-state index contributed by atoms with van der Waals surface area (Å²) in [5.74, 6) is 1.25. The SMILES string of the molecule is [2H]c1cc([2H])c(-c2cc(-c3c([2H])cc([2H])cc3[2H])c3c(c2[2H])c2c([2H])c([2H])cc([2H])c2n3-c2ccc(-c3nc(-c4ccccc4)nc(-c4ccccc4)n3)cc2-c2cccc3c2oc2ccccc23)c([2H])c1. The van der Waals surface area contributed by atoms with Crippen LogP contribution in [0, 0.1) is 0 Å². The Hall–Kier alpha value is -8.41. The van der Waals surface area contributed by atoms with Crippen LogP contribution in [0.4, 0.5) is 0 Å². The lowest BCUT2D eigenvalue weighted by molar-refractivity contribution is 0.670. The van der Waals surface area contributed by atoms with Gasteiger partial charge in [0.05, 0.1) is 30.4 Å². The summed E-state index contributed by atoms with van der Waals surface area (Å²) in [5, 5.41) is 1.86. The fraction of sp³-hybridized carbons (Fsp3) is 0. The molecule has 5 heteroatoms. The third kappa shape index (κ3) is 5.98. The summed E-state index contributed by atoms with van der Waals surface area (Å²) >= 11 is 0. The zero-order chi connectivity index (χ0) is 49.7. The van der Waals surface area contributed by atoms with Crippen LogP contribution in [-0.4, -0.2) is 19.5 Å². The van der Waals surface area contributed by atoms with Crippen molar-refractivity contribution >= 4 is 43.7 Å². The zero-order valence-corrected chi connectivity index (χ0v) is 32.7. The first-order valence-electron chi connectivity index (χ1n) is 25.0. The molecule has 0 aliphatic rings. The number of fused-ring (bicyclic) bond motifs is 6. The highest BCUT2D eigenvalue weighted by Gasteiger charge is 2.24. The molecule has 0 radical (unpaired) electrons. The van der Waals surface area contributed by atoms with E-state index >= 15 is 0 Å². The van der Waals surface area contributed by atoms with Crippen molar-refractivity contribution in [2.45, 2.75) is 0 Å². The molecule has 12 aromatic rings. The second kappa shape index (κ2) is 14.7. The molecule has 12 rings (SSSR count). The van der Waals surface area contributed by atoms with Gasteiger partial charge in [0.25, 0.3) is 0 Å². The van der Waals surface area contributed by atoms with Crippen LogP contribution < -0.4 is 0 Å². The summed E-state index contributed by atoms with van der Waals surface area (Å²) in [4.78, 5) is 15.0. The fourth-order valence-corrected chi connectivity index (χ4v) is 8.29. The lowest BCUT2D eigenvalue weighted by Crippen LogP contribution is -2.02. The van der Waals surface area contributed by atoms with Crippen LogP contribution in [0.2, 0.25) is 0 Å². The highest BCUT2D eigenvalue weighted by molar-refractivity contribution is 6.16. The average Bonchev–Trinajstić information content (AvgIpc) is 3.94. The van der Waals surface area contributed by atoms with Crippen molar-refractivity contribution < 1.29 is 18.1 Å². The molecule has 3 aromatic heterocycles. The van der Waals surface area contributed by atoms with Gasteiger partial charge in [0.2, 0.25) is 0 Å². The third-order valence-electron chi connectivity index (χ3n) is 11.1. The van der Waals surface area contributed by atoms with Gasteiger partial charge in [0.1, 0.15) is 11.2 Å². The van der Waals surface area contributed by atoms with Crippen LogP contribution in [0.15, 0.2) is 223 Å². The van der Waals surface area contributed by atoms with Gasteiger partial charge < -0.3 is 8.98 Å². The van der Waals surface area contributed by atoms with Crippen molar-refractivity contribution in [3.63, 3.8) is 0 Å². The van der Waals surface area contributed by atoms with E-state index in [9.17, 15) is 6.85 Å². The number of rotatable bonds is 7. The molecule has 0 atom stereocenters. The monoisotopic (exact) mass is 802 g/mol. The Bertz CT molecular complexity index is 4130. The van der Waals surface area contributed by atoms with Crippen LogP contribution >= 0.6 is 0 Å². The number of aromatic nitrogens is 4. The molecule has 0 amide bonds. The minimum absolute atomic E-state index is 0.0126. The van der Waals surface area contributed by atoms with E-state index in [1.165, 1.54) is 30.3 Å². The Kier molecular flexibility index (Phi) is 6.31. The zero-order valence-electron chi connectivity index (χ0n) is 42.7. The van der Waals surface area contributed by atoms with Crippen molar-refractivity contribution in [1.82, 2.24) is 19.5 Å². The molecule has 0 fully saturated rings. The second-order valence-electron chi connectivity index (χ2n) is 14.7. The molecule has 0 aliphatic heterocycles. The molecule has 0 spiro atoms. The Labute approximate surface area is 371 Å². The van der Waals surface area contributed by atoms with E-state index in [4.69, 9.17) is 26.2 Å². The summed E-state index contributed by atoms with van der Waals surface area (Å²) in [5.41, 5.74) is 5.63. The van der Waals surface area contributed by atoms with Gasteiger partial charge >= 0.3 is 0 Å². The van der Waals surface area contributed by atoms with E-state index in [0.29, 0.717) is 51.0 Å². The predicted molar refractivity (Wildman–Crippen MR) is 254 cm³/mol. The molecule has 0 N–H and O–H groups in total. The molecule has 9 aromatic carbocycles. The van der Waals surface area contributed by atoms with Gasteiger partial charge in [-0.3, -0.25) is 0 Å². The molecule has 0 saturated carbocycles. The molecular formula is C57H36N4O. The van der Waals surface area contributed by atoms with Crippen LogP contribution in [0.1, 0.15) is 13.7 Å². The molecular weight excluding hydrogens is 757 g/mol. The first kappa shape index (κ1) is 26.6. The Morgan fingerprint density at radius 2 is 1.02 bits per heavy atom. The standard InChI is InChI=1S/C57H36N4O/c1-5-18-37(19-6-1)42-35-47(38-20-7-2-8-21-38)53-49(36-42)43-26-13-15-30-50(43)61(53)51-33-32-41(34-48(51)46-29-17-28-45-44-27-14-16-31-52(44)62-54(45)46)57-59-55(39-22-9-3-10-23-39)58-56(60-57)40-24-11-4-12-25-40/h1-36H/i1D,2D,13D,18D,19D,20D,21D,26D,30D,36D. The number of nitrogens with zero attached hydrogens (tertiary/aromatic N) is 4. The Morgan fingerprint density at radius 3 is 1.74 bits per heavy atom. The van der Waals surface area contributed by atoms with E-state index in [1.54, 1.807) is 10.6 Å². The van der Waals surface area contributed by atoms with Crippen molar-refractivity contribution in [3.8, 4) is 73.2 Å². The van der Waals surface area contributed by atoms with Gasteiger partial charge in [-0.25, -0.2) is 15.0 Å². The van der Waals surface area contributed by atoms with Crippen molar-refractivity contribution in [3.05, 3.63) is 218 Å². The van der Waals surface area contributed by atoms with E-state index in [2.05, 4.69) is 0 Å². The summed E-state index contributed by atoms with van der Waals surface area (Å²) in [6, 6.07) is 44.5. The van der Waals surface area contributed by atoms with Crippen molar-refractivity contribution in [2.75, 3.05) is 0 Å². The molecule has 0 unspecified atom stereocenters. The number of para-hydroxylation sites is 3. The van der Waals surface area contributed by atoms with Crippen molar-refractivity contribution in [2.24, 2.45) is 0 Å². The first-order valence-corrected chi connectivity index (χ1v) is 20.0. The molecule has 0 saturated heterocycles. The fourth-order valence-electron chi connectivity index (χ4n) is 8.29. The number of hydrogen-bond acceptors (Lipinski definition) is 4. The maximum atomic E-state index is 10.0.